The van der Waals surface area contributed by atoms with E-state index in [2.05, 4.69) is 39.2 Å². The van der Waals surface area contributed by atoms with Crippen molar-refractivity contribution in [2.75, 3.05) is 26.4 Å². The van der Waals surface area contributed by atoms with Gasteiger partial charge in [0.05, 0.1) is 0 Å². The highest BCUT2D eigenvalue weighted by Gasteiger charge is 2.38. The van der Waals surface area contributed by atoms with Crippen LogP contribution in [0.15, 0.2) is 49.6 Å². The van der Waals surface area contributed by atoms with E-state index in [4.69, 9.17) is 9.47 Å². The van der Waals surface area contributed by atoms with Gasteiger partial charge in [-0.25, -0.2) is 0 Å². The molecule has 0 aliphatic heterocycles. The standard InChI is InChI=1S/C18H30O3.C17H26O4/c1-4-11-21-18(20)10-8-6-5-7-9-16-14(2)12-15(3)17(16)13-19;1-3-10-21-17(20)9-7-5-4-6-8-14-15(12-18)13(2)11-16(14)19/h4-5,7,14-17,19H,1,6,8-13H2,2-3H3;3-4,6,13-15,18H,1,5,7-12H2,2H3/b7-5-;6-4-/t14-,15+,16-,17-;13-,14-,15+/m01/s1. The highest BCUT2D eigenvalue weighted by molar-refractivity contribution is 5.84. The third-order valence-electron chi connectivity index (χ3n) is 8.72. The number of rotatable bonds is 18. The van der Waals surface area contributed by atoms with E-state index in [1.165, 1.54) is 6.42 Å². The zero-order chi connectivity index (χ0) is 31.3. The van der Waals surface area contributed by atoms with Crippen molar-refractivity contribution in [2.24, 2.45) is 41.4 Å². The zero-order valence-electron chi connectivity index (χ0n) is 26.3. The van der Waals surface area contributed by atoms with Crippen LogP contribution in [0.4, 0.5) is 0 Å². The summed E-state index contributed by atoms with van der Waals surface area (Å²) < 4.78 is 9.80. The first-order valence-corrected chi connectivity index (χ1v) is 15.8. The Hall–Kier alpha value is -2.51. The second kappa shape index (κ2) is 22.1. The Morgan fingerprint density at radius 3 is 1.76 bits per heavy atom. The summed E-state index contributed by atoms with van der Waals surface area (Å²) in [5, 5.41) is 18.9. The molecule has 0 radical (unpaired) electrons. The Morgan fingerprint density at radius 2 is 1.26 bits per heavy atom. The van der Waals surface area contributed by atoms with E-state index in [-0.39, 0.29) is 48.7 Å². The summed E-state index contributed by atoms with van der Waals surface area (Å²) >= 11 is 0. The van der Waals surface area contributed by atoms with E-state index in [1.807, 2.05) is 19.1 Å². The van der Waals surface area contributed by atoms with Crippen molar-refractivity contribution in [2.45, 2.75) is 85.0 Å². The van der Waals surface area contributed by atoms with Crippen LogP contribution in [-0.4, -0.2) is 54.4 Å². The summed E-state index contributed by atoms with van der Waals surface area (Å²) in [5.41, 5.74) is 0. The van der Waals surface area contributed by atoms with Crippen LogP contribution in [0.5, 0.6) is 0 Å². The average molecular weight is 589 g/mol. The van der Waals surface area contributed by atoms with Crippen molar-refractivity contribution in [3.8, 4) is 0 Å². The minimum atomic E-state index is -0.205. The Labute approximate surface area is 254 Å². The van der Waals surface area contributed by atoms with Crippen LogP contribution in [0, 0.1) is 41.4 Å². The molecule has 0 saturated heterocycles. The van der Waals surface area contributed by atoms with E-state index in [0.717, 1.165) is 32.1 Å². The lowest BCUT2D eigenvalue weighted by Gasteiger charge is -2.21. The molecule has 2 fully saturated rings. The maximum absolute atomic E-state index is 11.8. The third kappa shape index (κ3) is 14.1. The summed E-state index contributed by atoms with van der Waals surface area (Å²) in [5.74, 6) is 2.59. The van der Waals surface area contributed by atoms with Gasteiger partial charge in [0.1, 0.15) is 19.0 Å². The van der Waals surface area contributed by atoms with Gasteiger partial charge in [0, 0.05) is 38.4 Å². The highest BCUT2D eigenvalue weighted by Crippen LogP contribution is 2.43. The van der Waals surface area contributed by atoms with Crippen LogP contribution < -0.4 is 0 Å². The summed E-state index contributed by atoms with van der Waals surface area (Å²) in [6.45, 7) is 14.5. The number of unbranched alkanes of at least 4 members (excludes halogenated alkanes) is 2. The number of hydrogen-bond donors (Lipinski definition) is 2. The first kappa shape index (κ1) is 37.5. The van der Waals surface area contributed by atoms with Gasteiger partial charge >= 0.3 is 11.9 Å². The molecule has 2 aliphatic carbocycles. The number of aliphatic hydroxyl groups is 2. The second-order valence-electron chi connectivity index (χ2n) is 11.9. The molecule has 2 rings (SSSR count). The molecule has 2 N–H and O–H groups in total. The topological polar surface area (TPSA) is 110 Å². The third-order valence-corrected chi connectivity index (χ3v) is 8.72. The number of ether oxygens (including phenoxy) is 2. The molecule has 7 heteroatoms. The molecule has 0 spiro atoms. The van der Waals surface area contributed by atoms with Gasteiger partial charge in [-0.15, -0.1) is 0 Å². The molecule has 0 aromatic heterocycles. The minimum absolute atomic E-state index is 0.0428. The van der Waals surface area contributed by atoms with Gasteiger partial charge in [0.15, 0.2) is 0 Å². The zero-order valence-corrected chi connectivity index (χ0v) is 26.3. The maximum Gasteiger partial charge on any atom is 0.306 e. The van der Waals surface area contributed by atoms with E-state index in [1.54, 1.807) is 12.2 Å². The quantitative estimate of drug-likeness (QED) is 0.108. The van der Waals surface area contributed by atoms with Crippen LogP contribution in [-0.2, 0) is 23.9 Å². The van der Waals surface area contributed by atoms with E-state index in [9.17, 15) is 24.6 Å². The molecule has 0 amide bonds. The van der Waals surface area contributed by atoms with Crippen molar-refractivity contribution < 1.29 is 34.1 Å². The molecule has 0 unspecified atom stereocenters. The highest BCUT2D eigenvalue weighted by atomic mass is 16.5. The Balaban J connectivity index is 0.000000420. The van der Waals surface area contributed by atoms with Crippen molar-refractivity contribution in [1.29, 1.82) is 0 Å². The Morgan fingerprint density at radius 1 is 0.762 bits per heavy atom. The lowest BCUT2D eigenvalue weighted by Crippen LogP contribution is -2.19. The summed E-state index contributed by atoms with van der Waals surface area (Å²) in [4.78, 5) is 34.4. The number of esters is 2. The average Bonchev–Trinajstić information content (AvgIpc) is 3.40. The molecule has 0 heterocycles. The Kier molecular flexibility index (Phi) is 19.7. The largest absolute Gasteiger partial charge is 0.461 e. The molecular weight excluding hydrogens is 532 g/mol. The summed E-state index contributed by atoms with van der Waals surface area (Å²) in [6, 6.07) is 0. The van der Waals surface area contributed by atoms with E-state index < -0.39 is 0 Å². The predicted octanol–water partition coefficient (Wildman–Crippen LogP) is 6.40. The van der Waals surface area contributed by atoms with Gasteiger partial charge in [-0.3, -0.25) is 14.4 Å². The van der Waals surface area contributed by atoms with Crippen molar-refractivity contribution in [1.82, 2.24) is 0 Å². The maximum atomic E-state index is 11.8. The Bertz CT molecular complexity index is 877. The number of hydrogen-bond acceptors (Lipinski definition) is 7. The van der Waals surface area contributed by atoms with Crippen LogP contribution in [0.2, 0.25) is 0 Å². The van der Waals surface area contributed by atoms with Crippen molar-refractivity contribution >= 4 is 17.7 Å². The van der Waals surface area contributed by atoms with Gasteiger partial charge in [-0.2, -0.15) is 0 Å². The molecule has 2 aliphatic rings. The molecule has 2 saturated carbocycles. The fourth-order valence-corrected chi connectivity index (χ4v) is 6.28. The van der Waals surface area contributed by atoms with Gasteiger partial charge < -0.3 is 19.7 Å². The number of allylic oxidation sites excluding steroid dienone is 4. The van der Waals surface area contributed by atoms with Gasteiger partial charge in [0.2, 0.25) is 0 Å². The van der Waals surface area contributed by atoms with Crippen LogP contribution >= 0.6 is 0 Å². The normalized spacial score (nSPS) is 27.2. The molecule has 42 heavy (non-hydrogen) atoms. The monoisotopic (exact) mass is 588 g/mol. The van der Waals surface area contributed by atoms with Crippen LogP contribution in [0.3, 0.4) is 0 Å². The number of carbonyl (C=O) groups excluding carboxylic acids is 3. The minimum Gasteiger partial charge on any atom is -0.461 e. The van der Waals surface area contributed by atoms with E-state index in [0.29, 0.717) is 62.6 Å². The molecule has 7 atom stereocenters. The second-order valence-corrected chi connectivity index (χ2v) is 11.9. The number of Topliss-reactive ketones (excluding diaryl/α,β-unsaturated/α-hetero) is 1. The van der Waals surface area contributed by atoms with Crippen molar-refractivity contribution in [3.63, 3.8) is 0 Å². The van der Waals surface area contributed by atoms with Gasteiger partial charge in [0.25, 0.3) is 0 Å². The predicted molar refractivity (Wildman–Crippen MR) is 167 cm³/mol. The lowest BCUT2D eigenvalue weighted by molar-refractivity contribution is -0.143. The first-order chi connectivity index (χ1) is 20.2. The summed E-state index contributed by atoms with van der Waals surface area (Å²) in [7, 11) is 0. The lowest BCUT2D eigenvalue weighted by atomic mass is 9.86. The molecule has 238 valence electrons. The molecule has 0 bridgehead atoms. The number of aliphatic hydroxyl groups excluding tert-OH is 2. The molecular formula is C35H56O7. The SMILES string of the molecule is C=CCOC(=O)CCC/C=C\C[C@@H]1[C@@H](CO)[C@H](C)C[C@@H]1C.C=CCOC(=O)CCC/C=C\C[C@H]1C(=O)C[C@@H](C)[C@@H]1CO. The number of carbonyl (C=O) groups is 3. The molecule has 0 aromatic carbocycles. The fraction of sp³-hybridized carbons (Fsp3) is 0.686. The van der Waals surface area contributed by atoms with Crippen molar-refractivity contribution in [3.05, 3.63) is 49.6 Å². The number of ketones is 1. The van der Waals surface area contributed by atoms with E-state index >= 15 is 0 Å². The van der Waals surface area contributed by atoms with Gasteiger partial charge in [-0.05, 0) is 80.5 Å². The smallest absolute Gasteiger partial charge is 0.306 e. The molecule has 7 nitrogen and oxygen atoms in total. The van der Waals surface area contributed by atoms with Crippen LogP contribution in [0.25, 0.3) is 0 Å². The van der Waals surface area contributed by atoms with Crippen LogP contribution in [0.1, 0.15) is 85.0 Å². The van der Waals surface area contributed by atoms with Gasteiger partial charge in [-0.1, -0.05) is 70.4 Å². The fourth-order valence-electron chi connectivity index (χ4n) is 6.28. The first-order valence-electron chi connectivity index (χ1n) is 15.8. The molecule has 0 aromatic rings. The summed E-state index contributed by atoms with van der Waals surface area (Å²) in [6.07, 6.45) is 19.2.